The van der Waals surface area contributed by atoms with Crippen LogP contribution in [0.3, 0.4) is 0 Å². The second-order valence-electron chi connectivity index (χ2n) is 5.17. The molecule has 1 aromatic rings. The van der Waals surface area contributed by atoms with E-state index in [1.165, 1.54) is 6.42 Å². The van der Waals surface area contributed by atoms with Gasteiger partial charge in [-0.05, 0) is 36.6 Å². The third kappa shape index (κ3) is 4.13. The number of aliphatic hydroxyl groups is 1. The summed E-state index contributed by atoms with van der Waals surface area (Å²) in [6.45, 7) is 1.32. The van der Waals surface area contributed by atoms with Crippen LogP contribution >= 0.6 is 23.2 Å². The van der Waals surface area contributed by atoms with Crippen molar-refractivity contribution in [2.24, 2.45) is 0 Å². The van der Waals surface area contributed by atoms with Gasteiger partial charge in [-0.2, -0.15) is 0 Å². The Kier molecular flexibility index (Phi) is 4.91. The molecule has 1 saturated carbocycles. The SMILES string of the molecule is OC1(CNCc2cc(Cl)cc(Cl)c2)CCCCC1. The number of hydrogen-bond acceptors (Lipinski definition) is 2. The van der Waals surface area contributed by atoms with Crippen LogP contribution < -0.4 is 5.32 Å². The van der Waals surface area contributed by atoms with Crippen LogP contribution in [0.1, 0.15) is 37.7 Å². The summed E-state index contributed by atoms with van der Waals surface area (Å²) in [6, 6.07) is 5.51. The Bertz CT molecular complexity index is 383. The highest BCUT2D eigenvalue weighted by atomic mass is 35.5. The Labute approximate surface area is 118 Å². The Morgan fingerprint density at radius 3 is 2.28 bits per heavy atom. The average Bonchev–Trinajstić information content (AvgIpc) is 2.28. The van der Waals surface area contributed by atoms with Gasteiger partial charge in [0.05, 0.1) is 5.60 Å². The summed E-state index contributed by atoms with van der Waals surface area (Å²) in [5.41, 5.74) is 0.521. The highest BCUT2D eigenvalue weighted by molar-refractivity contribution is 6.34. The van der Waals surface area contributed by atoms with Crippen LogP contribution in [0.4, 0.5) is 0 Å². The molecule has 2 N–H and O–H groups in total. The van der Waals surface area contributed by atoms with Gasteiger partial charge in [0.2, 0.25) is 0 Å². The largest absolute Gasteiger partial charge is 0.389 e. The molecule has 18 heavy (non-hydrogen) atoms. The fraction of sp³-hybridized carbons (Fsp3) is 0.571. The van der Waals surface area contributed by atoms with Crippen molar-refractivity contribution in [1.82, 2.24) is 5.32 Å². The fourth-order valence-corrected chi connectivity index (χ4v) is 3.11. The average molecular weight is 288 g/mol. The molecule has 100 valence electrons. The van der Waals surface area contributed by atoms with E-state index < -0.39 is 5.60 Å². The van der Waals surface area contributed by atoms with Crippen LogP contribution in [0.2, 0.25) is 10.0 Å². The van der Waals surface area contributed by atoms with Gasteiger partial charge in [-0.1, -0.05) is 42.5 Å². The molecule has 1 aliphatic rings. The van der Waals surface area contributed by atoms with Gasteiger partial charge >= 0.3 is 0 Å². The lowest BCUT2D eigenvalue weighted by Gasteiger charge is -2.32. The van der Waals surface area contributed by atoms with E-state index in [4.69, 9.17) is 23.2 Å². The van der Waals surface area contributed by atoms with E-state index in [-0.39, 0.29) is 0 Å². The van der Waals surface area contributed by atoms with Gasteiger partial charge in [0.15, 0.2) is 0 Å². The van der Waals surface area contributed by atoms with Crippen molar-refractivity contribution in [2.75, 3.05) is 6.54 Å². The van der Waals surface area contributed by atoms with Crippen LogP contribution in [-0.2, 0) is 6.54 Å². The fourth-order valence-electron chi connectivity index (χ4n) is 2.54. The molecule has 2 rings (SSSR count). The lowest BCUT2D eigenvalue weighted by atomic mass is 9.85. The van der Waals surface area contributed by atoms with Gasteiger partial charge in [-0.25, -0.2) is 0 Å². The van der Waals surface area contributed by atoms with E-state index in [9.17, 15) is 5.11 Å². The topological polar surface area (TPSA) is 32.3 Å². The van der Waals surface area contributed by atoms with E-state index in [1.54, 1.807) is 6.07 Å². The summed E-state index contributed by atoms with van der Waals surface area (Å²) in [5, 5.41) is 14.9. The first-order valence-electron chi connectivity index (χ1n) is 6.45. The second kappa shape index (κ2) is 6.25. The molecular weight excluding hydrogens is 269 g/mol. The number of benzene rings is 1. The van der Waals surface area contributed by atoms with E-state index in [0.29, 0.717) is 23.1 Å². The number of hydrogen-bond donors (Lipinski definition) is 2. The van der Waals surface area contributed by atoms with Crippen molar-refractivity contribution in [3.05, 3.63) is 33.8 Å². The van der Waals surface area contributed by atoms with E-state index in [0.717, 1.165) is 31.2 Å². The zero-order valence-electron chi connectivity index (χ0n) is 10.4. The molecule has 0 aromatic heterocycles. The molecule has 0 bridgehead atoms. The van der Waals surface area contributed by atoms with Crippen LogP contribution in [0.5, 0.6) is 0 Å². The maximum atomic E-state index is 10.3. The van der Waals surface area contributed by atoms with E-state index in [2.05, 4.69) is 5.32 Å². The minimum absolute atomic E-state index is 0.527. The number of nitrogens with one attached hydrogen (secondary N) is 1. The molecule has 0 unspecified atom stereocenters. The van der Waals surface area contributed by atoms with Crippen molar-refractivity contribution >= 4 is 23.2 Å². The molecule has 0 radical (unpaired) electrons. The maximum absolute atomic E-state index is 10.3. The van der Waals surface area contributed by atoms with Gasteiger partial charge in [0, 0.05) is 23.1 Å². The lowest BCUT2D eigenvalue weighted by Crippen LogP contribution is -2.41. The van der Waals surface area contributed by atoms with Gasteiger partial charge in [-0.15, -0.1) is 0 Å². The first-order valence-corrected chi connectivity index (χ1v) is 7.21. The van der Waals surface area contributed by atoms with Crippen molar-refractivity contribution in [3.63, 3.8) is 0 Å². The molecule has 1 fully saturated rings. The van der Waals surface area contributed by atoms with Gasteiger partial charge in [0.1, 0.15) is 0 Å². The molecule has 0 saturated heterocycles. The molecular formula is C14H19Cl2NO. The number of rotatable bonds is 4. The normalized spacial score (nSPS) is 18.8. The van der Waals surface area contributed by atoms with E-state index in [1.807, 2.05) is 12.1 Å². The molecule has 2 nitrogen and oxygen atoms in total. The first kappa shape index (κ1) is 14.1. The second-order valence-corrected chi connectivity index (χ2v) is 6.04. The van der Waals surface area contributed by atoms with Gasteiger partial charge in [0.25, 0.3) is 0 Å². The van der Waals surface area contributed by atoms with Crippen molar-refractivity contribution in [1.29, 1.82) is 0 Å². The quantitative estimate of drug-likeness (QED) is 0.883. The monoisotopic (exact) mass is 287 g/mol. The highest BCUT2D eigenvalue weighted by Crippen LogP contribution is 2.27. The summed E-state index contributed by atoms with van der Waals surface area (Å²) in [7, 11) is 0. The Hall–Kier alpha value is -0.280. The minimum Gasteiger partial charge on any atom is -0.389 e. The maximum Gasteiger partial charge on any atom is 0.0771 e. The predicted octanol–water partition coefficient (Wildman–Crippen LogP) is 3.78. The Morgan fingerprint density at radius 1 is 1.06 bits per heavy atom. The Morgan fingerprint density at radius 2 is 1.67 bits per heavy atom. The van der Waals surface area contributed by atoms with Crippen molar-refractivity contribution in [2.45, 2.75) is 44.2 Å². The molecule has 1 aromatic carbocycles. The van der Waals surface area contributed by atoms with Crippen LogP contribution in [0.15, 0.2) is 18.2 Å². The third-order valence-electron chi connectivity index (χ3n) is 3.49. The summed E-state index contributed by atoms with van der Waals surface area (Å²) < 4.78 is 0. The first-order chi connectivity index (χ1) is 8.57. The van der Waals surface area contributed by atoms with E-state index >= 15 is 0 Å². The van der Waals surface area contributed by atoms with Crippen LogP contribution in [0, 0.1) is 0 Å². The zero-order valence-corrected chi connectivity index (χ0v) is 11.9. The molecule has 0 atom stereocenters. The van der Waals surface area contributed by atoms with Crippen molar-refractivity contribution < 1.29 is 5.11 Å². The summed E-state index contributed by atoms with van der Waals surface area (Å²) in [6.07, 6.45) is 5.29. The molecule has 1 aliphatic carbocycles. The smallest absolute Gasteiger partial charge is 0.0771 e. The lowest BCUT2D eigenvalue weighted by molar-refractivity contribution is 0.00468. The third-order valence-corrected chi connectivity index (χ3v) is 3.93. The van der Waals surface area contributed by atoms with Crippen LogP contribution in [-0.4, -0.2) is 17.3 Å². The van der Waals surface area contributed by atoms with Crippen molar-refractivity contribution in [3.8, 4) is 0 Å². The summed E-state index contributed by atoms with van der Waals surface area (Å²) in [4.78, 5) is 0. The summed E-state index contributed by atoms with van der Waals surface area (Å²) >= 11 is 11.9. The van der Waals surface area contributed by atoms with Gasteiger partial charge in [-0.3, -0.25) is 0 Å². The molecule has 0 heterocycles. The number of halogens is 2. The van der Waals surface area contributed by atoms with Gasteiger partial charge < -0.3 is 10.4 Å². The Balaban J connectivity index is 1.84. The molecule has 0 spiro atoms. The molecule has 4 heteroatoms. The predicted molar refractivity (Wildman–Crippen MR) is 76.2 cm³/mol. The highest BCUT2D eigenvalue weighted by Gasteiger charge is 2.28. The minimum atomic E-state index is -0.527. The van der Waals surface area contributed by atoms with Crippen LogP contribution in [0.25, 0.3) is 0 Å². The standard InChI is InChI=1S/C14H19Cl2NO/c15-12-6-11(7-13(16)8-12)9-17-10-14(18)4-2-1-3-5-14/h6-8,17-18H,1-5,9-10H2. The molecule has 0 aliphatic heterocycles. The zero-order chi connectivity index (χ0) is 13.0. The molecule has 0 amide bonds. The summed E-state index contributed by atoms with van der Waals surface area (Å²) in [5.74, 6) is 0.